The minimum Gasteiger partial charge on any atom is -0.461 e. The van der Waals surface area contributed by atoms with Gasteiger partial charge in [-0.25, -0.2) is 4.79 Å². The molecule has 0 unspecified atom stereocenters. The van der Waals surface area contributed by atoms with Crippen LogP contribution in [0, 0.1) is 0 Å². The second kappa shape index (κ2) is 6.55. The van der Waals surface area contributed by atoms with Crippen LogP contribution in [0.1, 0.15) is 44.7 Å². The van der Waals surface area contributed by atoms with Crippen LogP contribution in [0.5, 0.6) is 0 Å². The molecule has 0 amide bonds. The zero-order valence-corrected chi connectivity index (χ0v) is 11.8. The second-order valence-corrected chi connectivity index (χ2v) is 4.99. The van der Waals surface area contributed by atoms with Crippen molar-refractivity contribution in [3.63, 3.8) is 0 Å². The highest BCUT2D eigenvalue weighted by molar-refractivity contribution is 6.42. The molecule has 1 aliphatic rings. The van der Waals surface area contributed by atoms with Crippen molar-refractivity contribution in [3.8, 4) is 0 Å². The number of rotatable bonds is 4. The van der Waals surface area contributed by atoms with Gasteiger partial charge in [0, 0.05) is 13.2 Å². The molecule has 2 rings (SSSR count). The molecule has 4 nitrogen and oxygen atoms in total. The Morgan fingerprint density at radius 3 is 2.74 bits per heavy atom. The monoisotopic (exact) mass is 262 g/mol. The molecule has 0 saturated heterocycles. The third-order valence-corrected chi connectivity index (χ3v) is 3.54. The van der Waals surface area contributed by atoms with Crippen LogP contribution >= 0.6 is 0 Å². The fourth-order valence-corrected chi connectivity index (χ4v) is 2.52. The molecule has 0 spiro atoms. The van der Waals surface area contributed by atoms with Crippen LogP contribution in [0.3, 0.4) is 0 Å². The van der Waals surface area contributed by atoms with Gasteiger partial charge < -0.3 is 9.30 Å². The van der Waals surface area contributed by atoms with Gasteiger partial charge in [0.1, 0.15) is 0 Å². The van der Waals surface area contributed by atoms with E-state index in [4.69, 9.17) is 4.74 Å². The molecular formula is C15H22N2O2. The summed E-state index contributed by atoms with van der Waals surface area (Å²) in [6.45, 7) is 2.20. The molecule has 1 aliphatic carbocycles. The molecule has 0 aromatic carbocycles. The molecular weight excluding hydrogens is 240 g/mol. The topological polar surface area (TPSA) is 43.6 Å². The first-order chi connectivity index (χ1) is 9.22. The van der Waals surface area contributed by atoms with Crippen molar-refractivity contribution >= 4 is 11.7 Å². The van der Waals surface area contributed by atoms with Crippen molar-refractivity contribution < 1.29 is 9.53 Å². The van der Waals surface area contributed by atoms with Gasteiger partial charge in [-0.05, 0) is 31.9 Å². The summed E-state index contributed by atoms with van der Waals surface area (Å²) in [5, 5.41) is 0. The molecule has 1 aromatic heterocycles. The lowest BCUT2D eigenvalue weighted by Crippen LogP contribution is -2.24. The summed E-state index contributed by atoms with van der Waals surface area (Å²) < 4.78 is 7.06. The van der Waals surface area contributed by atoms with Crippen LogP contribution in [0.4, 0.5) is 0 Å². The van der Waals surface area contributed by atoms with Crippen molar-refractivity contribution in [1.82, 2.24) is 4.57 Å². The minimum absolute atomic E-state index is 0.267. The van der Waals surface area contributed by atoms with E-state index in [1.165, 1.54) is 19.3 Å². The van der Waals surface area contributed by atoms with Gasteiger partial charge in [-0.1, -0.05) is 19.3 Å². The van der Waals surface area contributed by atoms with Crippen molar-refractivity contribution in [3.05, 3.63) is 24.0 Å². The van der Waals surface area contributed by atoms with Crippen molar-refractivity contribution in [2.45, 2.75) is 45.1 Å². The standard InChI is InChI=1S/C15H22N2O2/c1-3-19-15(18)14(13-10-7-11-17(13)2)16-12-8-5-4-6-9-12/h7,10-12H,3-6,8-9H2,1-2H3. The third-order valence-electron chi connectivity index (χ3n) is 3.54. The Kier molecular flexibility index (Phi) is 4.77. The number of aryl methyl sites for hydroxylation is 1. The summed E-state index contributed by atoms with van der Waals surface area (Å²) in [7, 11) is 1.92. The second-order valence-electron chi connectivity index (χ2n) is 4.99. The van der Waals surface area contributed by atoms with E-state index in [1.54, 1.807) is 0 Å². The number of nitrogens with zero attached hydrogens (tertiary/aromatic N) is 2. The van der Waals surface area contributed by atoms with E-state index in [0.717, 1.165) is 18.5 Å². The van der Waals surface area contributed by atoms with Crippen molar-refractivity contribution in [2.75, 3.05) is 6.61 Å². The molecule has 0 bridgehead atoms. The Bertz CT molecular complexity index is 456. The molecule has 0 N–H and O–H groups in total. The van der Waals surface area contributed by atoms with E-state index in [0.29, 0.717) is 12.3 Å². The van der Waals surface area contributed by atoms with Crippen molar-refractivity contribution in [1.29, 1.82) is 0 Å². The zero-order chi connectivity index (χ0) is 13.7. The van der Waals surface area contributed by atoms with Crippen LogP contribution in [0.25, 0.3) is 0 Å². The molecule has 0 aliphatic heterocycles. The summed E-state index contributed by atoms with van der Waals surface area (Å²) >= 11 is 0. The lowest BCUT2D eigenvalue weighted by Gasteiger charge is -2.19. The Balaban J connectivity index is 2.25. The molecule has 1 saturated carbocycles. The first-order valence-corrected chi connectivity index (χ1v) is 7.09. The van der Waals surface area contributed by atoms with Gasteiger partial charge in [0.2, 0.25) is 0 Å². The zero-order valence-electron chi connectivity index (χ0n) is 11.8. The number of ether oxygens (including phenoxy) is 1. The van der Waals surface area contributed by atoms with Gasteiger partial charge in [-0.3, -0.25) is 4.99 Å². The van der Waals surface area contributed by atoms with E-state index in [-0.39, 0.29) is 12.0 Å². The highest BCUT2D eigenvalue weighted by Gasteiger charge is 2.21. The highest BCUT2D eigenvalue weighted by Crippen LogP contribution is 2.21. The number of esters is 1. The predicted molar refractivity (Wildman–Crippen MR) is 75.5 cm³/mol. The molecule has 1 fully saturated rings. The summed E-state index contributed by atoms with van der Waals surface area (Å²) in [5.74, 6) is -0.310. The van der Waals surface area contributed by atoms with Crippen LogP contribution in [-0.2, 0) is 16.6 Å². The van der Waals surface area contributed by atoms with Gasteiger partial charge in [-0.15, -0.1) is 0 Å². The number of hydrogen-bond donors (Lipinski definition) is 0. The molecule has 19 heavy (non-hydrogen) atoms. The normalized spacial score (nSPS) is 17.5. The smallest absolute Gasteiger partial charge is 0.358 e. The molecule has 1 heterocycles. The summed E-state index contributed by atoms with van der Waals surface area (Å²) in [6.07, 6.45) is 7.77. The molecule has 104 valence electrons. The predicted octanol–water partition coefficient (Wildman–Crippen LogP) is 2.71. The lowest BCUT2D eigenvalue weighted by atomic mass is 9.96. The minimum atomic E-state index is -0.310. The molecule has 0 atom stereocenters. The van der Waals surface area contributed by atoms with Gasteiger partial charge >= 0.3 is 5.97 Å². The van der Waals surface area contributed by atoms with Crippen LogP contribution in [-0.4, -0.2) is 28.9 Å². The SMILES string of the molecule is CCOC(=O)C(=NC1CCCCC1)c1cccn1C. The fraction of sp³-hybridized carbons (Fsp3) is 0.600. The molecule has 1 aromatic rings. The number of carbonyl (C=O) groups is 1. The summed E-state index contributed by atoms with van der Waals surface area (Å²) in [5.41, 5.74) is 1.31. The summed E-state index contributed by atoms with van der Waals surface area (Å²) in [6, 6.07) is 4.10. The quantitative estimate of drug-likeness (QED) is 0.618. The van der Waals surface area contributed by atoms with E-state index in [9.17, 15) is 4.79 Å². The highest BCUT2D eigenvalue weighted by atomic mass is 16.5. The Labute approximate surface area is 114 Å². The average molecular weight is 262 g/mol. The number of carbonyl (C=O) groups excluding carboxylic acids is 1. The van der Waals surface area contributed by atoms with Gasteiger partial charge in [0.15, 0.2) is 5.71 Å². The fourth-order valence-electron chi connectivity index (χ4n) is 2.52. The number of aliphatic imine (C=N–C) groups is 1. The van der Waals surface area contributed by atoms with Gasteiger partial charge in [0.25, 0.3) is 0 Å². The Hall–Kier alpha value is -1.58. The van der Waals surface area contributed by atoms with E-state index in [2.05, 4.69) is 4.99 Å². The van der Waals surface area contributed by atoms with E-state index < -0.39 is 0 Å². The third kappa shape index (κ3) is 3.46. The number of aromatic nitrogens is 1. The van der Waals surface area contributed by atoms with Crippen LogP contribution in [0.2, 0.25) is 0 Å². The lowest BCUT2D eigenvalue weighted by molar-refractivity contribution is -0.135. The van der Waals surface area contributed by atoms with Gasteiger partial charge in [0.05, 0.1) is 18.3 Å². The number of hydrogen-bond acceptors (Lipinski definition) is 3. The Morgan fingerprint density at radius 1 is 1.42 bits per heavy atom. The Morgan fingerprint density at radius 2 is 2.16 bits per heavy atom. The van der Waals surface area contributed by atoms with Crippen LogP contribution < -0.4 is 0 Å². The average Bonchev–Trinajstić information content (AvgIpc) is 2.83. The van der Waals surface area contributed by atoms with E-state index in [1.807, 2.05) is 36.9 Å². The van der Waals surface area contributed by atoms with Crippen LogP contribution in [0.15, 0.2) is 23.3 Å². The van der Waals surface area contributed by atoms with Crippen molar-refractivity contribution in [2.24, 2.45) is 12.0 Å². The van der Waals surface area contributed by atoms with E-state index >= 15 is 0 Å². The molecule has 4 heteroatoms. The first-order valence-electron chi connectivity index (χ1n) is 7.09. The van der Waals surface area contributed by atoms with Gasteiger partial charge in [-0.2, -0.15) is 0 Å². The molecule has 0 radical (unpaired) electrons. The largest absolute Gasteiger partial charge is 0.461 e. The first kappa shape index (κ1) is 13.8. The maximum absolute atomic E-state index is 12.1. The maximum Gasteiger partial charge on any atom is 0.358 e. The maximum atomic E-state index is 12.1. The summed E-state index contributed by atoms with van der Waals surface area (Å²) in [4.78, 5) is 16.8.